The minimum atomic E-state index is -3.69. The Morgan fingerprint density at radius 3 is 2.55 bits per heavy atom. The fourth-order valence-electron chi connectivity index (χ4n) is 3.63. The number of carbonyl (C=O) groups is 2. The standard InChI is InChI=1S/C22H26ClN3O4S/c1-15(17-5-3-7-20(13-17)25-16(2)27)24-22(28)18-6-4-12-26(14-18)31(29,30)21-10-8-19(23)9-11-21/h3,5,7-11,13,15,18H,4,6,12,14H2,1-2H3,(H,24,28)(H,25,27). The molecule has 1 heterocycles. The fourth-order valence-corrected chi connectivity index (χ4v) is 5.28. The van der Waals surface area contributed by atoms with E-state index in [-0.39, 0.29) is 29.3 Å². The minimum Gasteiger partial charge on any atom is -0.349 e. The first-order valence-corrected chi connectivity index (χ1v) is 11.9. The largest absolute Gasteiger partial charge is 0.349 e. The Labute approximate surface area is 187 Å². The smallest absolute Gasteiger partial charge is 0.243 e. The molecule has 0 aliphatic carbocycles. The average Bonchev–Trinajstić information content (AvgIpc) is 2.74. The van der Waals surface area contributed by atoms with Gasteiger partial charge in [0.1, 0.15) is 0 Å². The van der Waals surface area contributed by atoms with Crippen molar-refractivity contribution >= 4 is 39.1 Å². The van der Waals surface area contributed by atoms with E-state index in [1.807, 2.05) is 25.1 Å². The molecule has 166 valence electrons. The lowest BCUT2D eigenvalue weighted by Crippen LogP contribution is -2.45. The van der Waals surface area contributed by atoms with Crippen molar-refractivity contribution in [1.29, 1.82) is 0 Å². The summed E-state index contributed by atoms with van der Waals surface area (Å²) in [7, 11) is -3.69. The van der Waals surface area contributed by atoms with E-state index in [9.17, 15) is 18.0 Å². The van der Waals surface area contributed by atoms with Gasteiger partial charge in [0.25, 0.3) is 0 Å². The maximum atomic E-state index is 13.0. The number of hydrogen-bond donors (Lipinski definition) is 2. The molecule has 31 heavy (non-hydrogen) atoms. The molecule has 1 saturated heterocycles. The van der Waals surface area contributed by atoms with Gasteiger partial charge in [0.2, 0.25) is 21.8 Å². The van der Waals surface area contributed by atoms with Crippen LogP contribution < -0.4 is 10.6 Å². The molecule has 2 atom stereocenters. The van der Waals surface area contributed by atoms with Gasteiger partial charge in [-0.2, -0.15) is 4.31 Å². The van der Waals surface area contributed by atoms with Crippen molar-refractivity contribution in [3.8, 4) is 0 Å². The molecular formula is C22H26ClN3O4S. The van der Waals surface area contributed by atoms with Crippen LogP contribution in [-0.2, 0) is 19.6 Å². The van der Waals surface area contributed by atoms with Crippen LogP contribution in [-0.4, -0.2) is 37.6 Å². The van der Waals surface area contributed by atoms with Crippen molar-refractivity contribution in [3.05, 3.63) is 59.1 Å². The van der Waals surface area contributed by atoms with E-state index in [2.05, 4.69) is 10.6 Å². The minimum absolute atomic E-state index is 0.134. The number of piperidine rings is 1. The van der Waals surface area contributed by atoms with Crippen molar-refractivity contribution in [1.82, 2.24) is 9.62 Å². The molecule has 2 aromatic rings. The molecule has 7 nitrogen and oxygen atoms in total. The van der Waals surface area contributed by atoms with Crippen LogP contribution in [0.4, 0.5) is 5.69 Å². The number of nitrogens with one attached hydrogen (secondary N) is 2. The number of hydrogen-bond acceptors (Lipinski definition) is 4. The second kappa shape index (κ2) is 9.80. The van der Waals surface area contributed by atoms with Crippen molar-refractivity contribution in [3.63, 3.8) is 0 Å². The van der Waals surface area contributed by atoms with Crippen LogP contribution in [0.15, 0.2) is 53.4 Å². The van der Waals surface area contributed by atoms with Gasteiger partial charge in [-0.25, -0.2) is 8.42 Å². The molecule has 2 aromatic carbocycles. The Morgan fingerprint density at radius 2 is 1.87 bits per heavy atom. The molecule has 1 aliphatic rings. The number of amides is 2. The molecule has 0 bridgehead atoms. The summed E-state index contributed by atoms with van der Waals surface area (Å²) in [5.74, 6) is -0.789. The summed E-state index contributed by atoms with van der Waals surface area (Å²) in [6.45, 7) is 3.80. The third-order valence-electron chi connectivity index (χ3n) is 5.27. The van der Waals surface area contributed by atoms with Crippen LogP contribution in [0.25, 0.3) is 0 Å². The molecule has 0 aromatic heterocycles. The first-order chi connectivity index (χ1) is 14.7. The number of nitrogens with zero attached hydrogens (tertiary/aromatic N) is 1. The monoisotopic (exact) mass is 463 g/mol. The maximum Gasteiger partial charge on any atom is 0.243 e. The number of carbonyl (C=O) groups excluding carboxylic acids is 2. The van der Waals surface area contributed by atoms with Crippen LogP contribution in [0.5, 0.6) is 0 Å². The van der Waals surface area contributed by atoms with Crippen LogP contribution in [0.3, 0.4) is 0 Å². The Bertz CT molecular complexity index is 1060. The lowest BCUT2D eigenvalue weighted by atomic mass is 9.98. The summed E-state index contributed by atoms with van der Waals surface area (Å²) in [5.41, 5.74) is 1.50. The number of halogens is 1. The third kappa shape index (κ3) is 5.84. The summed E-state index contributed by atoms with van der Waals surface area (Å²) in [4.78, 5) is 24.3. The number of anilines is 1. The molecule has 0 radical (unpaired) electrons. The Hall–Kier alpha value is -2.42. The summed E-state index contributed by atoms with van der Waals surface area (Å²) >= 11 is 5.86. The molecule has 0 spiro atoms. The highest BCUT2D eigenvalue weighted by molar-refractivity contribution is 7.89. The first kappa shape index (κ1) is 23.2. The highest BCUT2D eigenvalue weighted by atomic mass is 35.5. The van der Waals surface area contributed by atoms with Gasteiger partial charge in [0.15, 0.2) is 0 Å². The zero-order chi connectivity index (χ0) is 22.6. The maximum absolute atomic E-state index is 13.0. The normalized spacial score (nSPS) is 18.2. The average molecular weight is 464 g/mol. The predicted octanol–water partition coefficient (Wildman–Crippen LogP) is 3.58. The van der Waals surface area contributed by atoms with Gasteiger partial charge in [-0.3, -0.25) is 9.59 Å². The van der Waals surface area contributed by atoms with E-state index in [0.717, 1.165) is 5.56 Å². The van der Waals surface area contributed by atoms with Crippen molar-refractivity contribution < 1.29 is 18.0 Å². The van der Waals surface area contributed by atoms with Crippen LogP contribution in [0.1, 0.15) is 38.3 Å². The highest BCUT2D eigenvalue weighted by Crippen LogP contribution is 2.26. The van der Waals surface area contributed by atoms with Gasteiger partial charge in [0, 0.05) is 30.7 Å². The third-order valence-corrected chi connectivity index (χ3v) is 7.40. The fraction of sp³-hybridized carbons (Fsp3) is 0.364. The number of rotatable bonds is 6. The molecule has 1 aliphatic heterocycles. The summed E-state index contributed by atoms with van der Waals surface area (Å²) < 4.78 is 27.3. The van der Waals surface area contributed by atoms with Crippen molar-refractivity contribution in [2.45, 2.75) is 37.6 Å². The topological polar surface area (TPSA) is 95.6 Å². The summed E-state index contributed by atoms with van der Waals surface area (Å²) in [5, 5.41) is 6.16. The summed E-state index contributed by atoms with van der Waals surface area (Å²) in [6, 6.07) is 13.0. The summed E-state index contributed by atoms with van der Waals surface area (Å²) in [6.07, 6.45) is 1.23. The van der Waals surface area contributed by atoms with Gasteiger partial charge < -0.3 is 10.6 Å². The van der Waals surface area contributed by atoms with Crippen LogP contribution in [0, 0.1) is 5.92 Å². The number of sulfonamides is 1. The van der Waals surface area contributed by atoms with E-state index in [4.69, 9.17) is 11.6 Å². The molecule has 2 amide bonds. The van der Waals surface area contributed by atoms with Gasteiger partial charge in [-0.05, 0) is 61.7 Å². The molecule has 9 heteroatoms. The molecule has 0 saturated carbocycles. The molecule has 2 N–H and O–H groups in total. The predicted molar refractivity (Wildman–Crippen MR) is 120 cm³/mol. The second-order valence-corrected chi connectivity index (χ2v) is 10.1. The van der Waals surface area contributed by atoms with Crippen LogP contribution in [0.2, 0.25) is 5.02 Å². The SMILES string of the molecule is CC(=O)Nc1cccc(C(C)NC(=O)C2CCCN(S(=O)(=O)c3ccc(Cl)cc3)C2)c1. The molecule has 3 rings (SSSR count). The Morgan fingerprint density at radius 1 is 1.16 bits per heavy atom. The van der Waals surface area contributed by atoms with Gasteiger partial charge in [-0.1, -0.05) is 23.7 Å². The Balaban J connectivity index is 1.67. The van der Waals surface area contributed by atoms with E-state index in [1.54, 1.807) is 18.2 Å². The second-order valence-electron chi connectivity index (χ2n) is 7.69. The van der Waals surface area contributed by atoms with E-state index < -0.39 is 15.9 Å². The van der Waals surface area contributed by atoms with Gasteiger partial charge >= 0.3 is 0 Å². The highest BCUT2D eigenvalue weighted by Gasteiger charge is 2.33. The lowest BCUT2D eigenvalue weighted by Gasteiger charge is -2.32. The molecule has 1 fully saturated rings. The number of benzene rings is 2. The van der Waals surface area contributed by atoms with Gasteiger partial charge in [-0.15, -0.1) is 0 Å². The van der Waals surface area contributed by atoms with E-state index in [1.165, 1.54) is 23.4 Å². The first-order valence-electron chi connectivity index (χ1n) is 10.1. The zero-order valence-electron chi connectivity index (χ0n) is 17.5. The van der Waals surface area contributed by atoms with Crippen LogP contribution >= 0.6 is 11.6 Å². The van der Waals surface area contributed by atoms with Crippen molar-refractivity contribution in [2.24, 2.45) is 5.92 Å². The molecular weight excluding hydrogens is 438 g/mol. The van der Waals surface area contributed by atoms with E-state index in [0.29, 0.717) is 30.1 Å². The van der Waals surface area contributed by atoms with Crippen molar-refractivity contribution in [2.75, 3.05) is 18.4 Å². The van der Waals surface area contributed by atoms with E-state index >= 15 is 0 Å². The lowest BCUT2D eigenvalue weighted by molar-refractivity contribution is -0.126. The Kier molecular flexibility index (Phi) is 7.35. The quantitative estimate of drug-likeness (QED) is 0.684. The van der Waals surface area contributed by atoms with Gasteiger partial charge in [0.05, 0.1) is 16.9 Å². The zero-order valence-corrected chi connectivity index (χ0v) is 19.0. The molecule has 2 unspecified atom stereocenters.